The predicted octanol–water partition coefficient (Wildman–Crippen LogP) is 3.49. The number of aliphatic imine (C=N–C) groups is 1. The first kappa shape index (κ1) is 22.7. The molecular weight excluding hydrogens is 392 g/mol. The van der Waals surface area contributed by atoms with Crippen LogP contribution < -0.4 is 5.32 Å². The number of aromatic nitrogens is 3. The Hall–Kier alpha value is -2.02. The van der Waals surface area contributed by atoms with Gasteiger partial charge in [0.05, 0.1) is 0 Å². The third kappa shape index (κ3) is 7.04. The summed E-state index contributed by atoms with van der Waals surface area (Å²) in [6.07, 6.45) is 9.66. The Labute approximate surface area is 185 Å². The van der Waals surface area contributed by atoms with Gasteiger partial charge in [-0.05, 0) is 49.2 Å². The molecule has 2 aromatic rings. The van der Waals surface area contributed by atoms with Crippen molar-refractivity contribution in [3.8, 4) is 0 Å². The second-order valence-electron chi connectivity index (χ2n) is 7.89. The summed E-state index contributed by atoms with van der Waals surface area (Å²) in [6.45, 7) is 6.88. The van der Waals surface area contributed by atoms with E-state index in [4.69, 9.17) is 4.99 Å². The molecule has 0 unspecified atom stereocenters. The second kappa shape index (κ2) is 12.6. The van der Waals surface area contributed by atoms with Gasteiger partial charge < -0.3 is 14.8 Å². The van der Waals surface area contributed by atoms with Crippen molar-refractivity contribution >= 4 is 17.7 Å². The molecule has 0 radical (unpaired) electrons. The zero-order valence-electron chi connectivity index (χ0n) is 18.5. The summed E-state index contributed by atoms with van der Waals surface area (Å²) in [5.41, 5.74) is 1.46. The zero-order valence-corrected chi connectivity index (χ0v) is 19.3. The van der Waals surface area contributed by atoms with Crippen molar-refractivity contribution in [2.75, 3.05) is 38.2 Å². The van der Waals surface area contributed by atoms with Crippen molar-refractivity contribution in [3.05, 3.63) is 48.0 Å². The number of hydrogen-bond acceptors (Lipinski definition) is 4. The molecule has 0 aliphatic carbocycles. The molecule has 1 aliphatic heterocycles. The van der Waals surface area contributed by atoms with Crippen LogP contribution in [0.4, 0.5) is 0 Å². The fraction of sp³-hybridized carbons (Fsp3) is 0.609. The molecular formula is C23H36N6S. The minimum atomic E-state index is 0.769. The van der Waals surface area contributed by atoms with Crippen LogP contribution in [0.3, 0.4) is 0 Å². The first-order valence-electron chi connectivity index (χ1n) is 11.2. The molecule has 0 saturated carbocycles. The van der Waals surface area contributed by atoms with E-state index in [9.17, 15) is 0 Å². The number of hydrogen-bond donors (Lipinski definition) is 1. The zero-order chi connectivity index (χ0) is 21.0. The molecule has 0 atom stereocenters. The van der Waals surface area contributed by atoms with E-state index < -0.39 is 0 Å². The maximum atomic E-state index is 4.93. The molecule has 0 spiro atoms. The highest BCUT2D eigenvalue weighted by Gasteiger charge is 2.21. The topological polar surface area (TPSA) is 58.3 Å². The minimum Gasteiger partial charge on any atom is -0.354 e. The number of thioether (sulfide) groups is 1. The Morgan fingerprint density at radius 2 is 2.03 bits per heavy atom. The van der Waals surface area contributed by atoms with Gasteiger partial charge in [-0.15, -0.1) is 10.2 Å². The SMILES string of the molecule is CCc1nncn1CCNC(=NCCCSC)N1CCC(Cc2ccccc2)CC1. The van der Waals surface area contributed by atoms with Gasteiger partial charge in [0.15, 0.2) is 5.96 Å². The number of nitrogens with zero attached hydrogens (tertiary/aromatic N) is 5. The first-order valence-corrected chi connectivity index (χ1v) is 12.6. The van der Waals surface area contributed by atoms with Gasteiger partial charge in [0, 0.05) is 39.1 Å². The van der Waals surface area contributed by atoms with E-state index >= 15 is 0 Å². The van der Waals surface area contributed by atoms with E-state index in [0.717, 1.165) is 69.0 Å². The number of likely N-dealkylation sites (tertiary alicyclic amines) is 1. The standard InChI is InChI=1S/C23H36N6S/c1-3-22-27-26-19-29(22)16-13-25-23(24-12-7-17-30-2)28-14-10-21(11-15-28)18-20-8-5-4-6-9-20/h4-6,8-9,19,21H,3,7,10-18H2,1-2H3,(H,24,25). The molecule has 1 saturated heterocycles. The van der Waals surface area contributed by atoms with Crippen LogP contribution in [0.15, 0.2) is 41.7 Å². The van der Waals surface area contributed by atoms with Crippen LogP contribution in [0.1, 0.15) is 37.6 Å². The maximum absolute atomic E-state index is 4.93. The van der Waals surface area contributed by atoms with Crippen LogP contribution in [0.5, 0.6) is 0 Å². The van der Waals surface area contributed by atoms with Crippen LogP contribution in [0.25, 0.3) is 0 Å². The number of guanidine groups is 1. The fourth-order valence-corrected chi connectivity index (χ4v) is 4.40. The lowest BCUT2D eigenvalue weighted by molar-refractivity contribution is 0.258. The Morgan fingerprint density at radius 3 is 2.77 bits per heavy atom. The van der Waals surface area contributed by atoms with E-state index in [0.29, 0.717) is 0 Å². The molecule has 3 rings (SSSR count). The average Bonchev–Trinajstić information content (AvgIpc) is 3.24. The molecule has 2 heterocycles. The number of piperidine rings is 1. The number of aryl methyl sites for hydroxylation is 1. The maximum Gasteiger partial charge on any atom is 0.193 e. The van der Waals surface area contributed by atoms with Gasteiger partial charge in [-0.1, -0.05) is 37.3 Å². The van der Waals surface area contributed by atoms with Crippen molar-refractivity contribution in [2.45, 2.75) is 45.6 Å². The van der Waals surface area contributed by atoms with Crippen LogP contribution in [0, 0.1) is 5.92 Å². The van der Waals surface area contributed by atoms with E-state index in [1.54, 1.807) is 0 Å². The van der Waals surface area contributed by atoms with Gasteiger partial charge in [-0.2, -0.15) is 11.8 Å². The summed E-state index contributed by atoms with van der Waals surface area (Å²) >= 11 is 1.89. The molecule has 0 amide bonds. The Kier molecular flexibility index (Phi) is 9.54. The lowest BCUT2D eigenvalue weighted by Crippen LogP contribution is -2.46. The minimum absolute atomic E-state index is 0.769. The number of rotatable bonds is 10. The molecule has 1 aromatic heterocycles. The molecule has 7 heteroatoms. The average molecular weight is 429 g/mol. The van der Waals surface area contributed by atoms with Crippen molar-refractivity contribution in [1.82, 2.24) is 25.0 Å². The largest absolute Gasteiger partial charge is 0.354 e. The van der Waals surface area contributed by atoms with Crippen molar-refractivity contribution in [3.63, 3.8) is 0 Å². The van der Waals surface area contributed by atoms with E-state index in [2.05, 4.69) is 68.5 Å². The highest BCUT2D eigenvalue weighted by molar-refractivity contribution is 7.98. The molecule has 1 fully saturated rings. The Morgan fingerprint density at radius 1 is 1.23 bits per heavy atom. The van der Waals surface area contributed by atoms with Gasteiger partial charge >= 0.3 is 0 Å². The number of benzene rings is 1. The monoisotopic (exact) mass is 428 g/mol. The summed E-state index contributed by atoms with van der Waals surface area (Å²) in [7, 11) is 0. The molecule has 30 heavy (non-hydrogen) atoms. The van der Waals surface area contributed by atoms with Gasteiger partial charge in [-0.25, -0.2) is 0 Å². The second-order valence-corrected chi connectivity index (χ2v) is 8.88. The van der Waals surface area contributed by atoms with E-state index in [1.165, 1.54) is 24.8 Å². The van der Waals surface area contributed by atoms with Crippen LogP contribution in [-0.2, 0) is 19.4 Å². The molecule has 1 aliphatic rings. The van der Waals surface area contributed by atoms with Crippen molar-refractivity contribution in [1.29, 1.82) is 0 Å². The summed E-state index contributed by atoms with van der Waals surface area (Å²) in [4.78, 5) is 7.38. The molecule has 1 N–H and O–H groups in total. The molecule has 1 aromatic carbocycles. The Bertz CT molecular complexity index is 752. The third-order valence-electron chi connectivity index (χ3n) is 5.70. The highest BCUT2D eigenvalue weighted by Crippen LogP contribution is 2.21. The van der Waals surface area contributed by atoms with Gasteiger partial charge in [0.25, 0.3) is 0 Å². The summed E-state index contributed by atoms with van der Waals surface area (Å²) in [5, 5.41) is 11.8. The lowest BCUT2D eigenvalue weighted by Gasteiger charge is -2.34. The van der Waals surface area contributed by atoms with Crippen LogP contribution in [-0.4, -0.2) is 63.8 Å². The molecule has 0 bridgehead atoms. The highest BCUT2D eigenvalue weighted by atomic mass is 32.2. The Balaban J connectivity index is 1.51. The van der Waals surface area contributed by atoms with E-state index in [1.807, 2.05) is 18.1 Å². The number of nitrogens with one attached hydrogen (secondary N) is 1. The van der Waals surface area contributed by atoms with E-state index in [-0.39, 0.29) is 0 Å². The normalized spacial score (nSPS) is 15.5. The smallest absolute Gasteiger partial charge is 0.193 e. The van der Waals surface area contributed by atoms with Gasteiger partial charge in [0.2, 0.25) is 0 Å². The molecule has 6 nitrogen and oxygen atoms in total. The predicted molar refractivity (Wildman–Crippen MR) is 127 cm³/mol. The fourth-order valence-electron chi connectivity index (χ4n) is 3.99. The van der Waals surface area contributed by atoms with Crippen LogP contribution >= 0.6 is 11.8 Å². The first-order chi connectivity index (χ1) is 14.8. The third-order valence-corrected chi connectivity index (χ3v) is 6.39. The summed E-state index contributed by atoms with van der Waals surface area (Å²) in [5.74, 6) is 4.04. The van der Waals surface area contributed by atoms with Gasteiger partial charge in [-0.3, -0.25) is 4.99 Å². The quantitative estimate of drug-likeness (QED) is 0.357. The van der Waals surface area contributed by atoms with Crippen LogP contribution in [0.2, 0.25) is 0 Å². The van der Waals surface area contributed by atoms with Crippen molar-refractivity contribution < 1.29 is 0 Å². The summed E-state index contributed by atoms with van der Waals surface area (Å²) < 4.78 is 2.13. The lowest BCUT2D eigenvalue weighted by atomic mass is 9.90. The van der Waals surface area contributed by atoms with Gasteiger partial charge in [0.1, 0.15) is 12.2 Å². The molecule has 164 valence electrons. The van der Waals surface area contributed by atoms with Crippen molar-refractivity contribution in [2.24, 2.45) is 10.9 Å². The summed E-state index contributed by atoms with van der Waals surface area (Å²) in [6, 6.07) is 10.9.